The summed E-state index contributed by atoms with van der Waals surface area (Å²) in [5.41, 5.74) is 1.57. The van der Waals surface area contributed by atoms with E-state index in [2.05, 4.69) is 63.5 Å². The van der Waals surface area contributed by atoms with E-state index >= 15 is 0 Å². The standard InChI is InChI=1S/2C29H41NO4/c2*1-25(2,3)26(4,32)20-15-27-10-11-29(20,33-5)24-28(27)12-13-30(16-17-6-7-17)21(27)14-18-8-9-19(31)23(34-24)22(18)28/h2*8-9,17,20-21,24,31-32H,6-7,10-16H2,1-5H3/t2*20-,21-,24-,26+,27-,28+,29+/m11/s1. The number of phenols is 2. The van der Waals surface area contributed by atoms with Gasteiger partial charge in [-0.15, -0.1) is 0 Å². The SMILES string of the molecule is CO[C@@]12CC[C@@]3(C[C@@H]1[C@](C)(O)C(C)(C)C)[C@H]1Cc4ccc(O)c5c4[C@@]3(CCN1CC1CC1)[C@H]2O5.CO[C@@]12CC[C@@]3(C[C@@H]1[C@](C)(O)C(C)(C)C)[C@H]1Cc4ccc(O)c5c4[C@@]3(CCN1CC1CC1)[C@H]2O5. The van der Waals surface area contributed by atoms with Gasteiger partial charge in [0.15, 0.2) is 23.0 Å². The van der Waals surface area contributed by atoms with Crippen LogP contribution < -0.4 is 9.47 Å². The van der Waals surface area contributed by atoms with E-state index in [0.29, 0.717) is 23.6 Å². The molecular weight excluding hydrogens is 853 g/mol. The Kier molecular flexibility index (Phi) is 9.13. The summed E-state index contributed by atoms with van der Waals surface area (Å²) < 4.78 is 26.9. The van der Waals surface area contributed by atoms with Gasteiger partial charge in [0.1, 0.15) is 23.4 Å². The van der Waals surface area contributed by atoms with Crippen molar-refractivity contribution in [2.45, 2.75) is 203 Å². The molecule has 8 saturated carbocycles. The van der Waals surface area contributed by atoms with Crippen LogP contribution >= 0.6 is 0 Å². The van der Waals surface area contributed by atoms with Crippen LogP contribution in [0.3, 0.4) is 0 Å². The monoisotopic (exact) mass is 935 g/mol. The van der Waals surface area contributed by atoms with Gasteiger partial charge < -0.3 is 39.4 Å². The number of fused-ring (bicyclic) bond motifs is 4. The molecule has 4 heterocycles. The second kappa shape index (κ2) is 13.7. The predicted molar refractivity (Wildman–Crippen MR) is 260 cm³/mol. The highest BCUT2D eigenvalue weighted by atomic mass is 16.6. The second-order valence-corrected chi connectivity index (χ2v) is 27.6. The second-order valence-electron chi connectivity index (χ2n) is 27.6. The minimum absolute atomic E-state index is 0.0294. The molecular formula is C58H82N2O8. The van der Waals surface area contributed by atoms with E-state index in [0.717, 1.165) is 89.1 Å². The lowest BCUT2D eigenvalue weighted by atomic mass is 9.33. The van der Waals surface area contributed by atoms with Gasteiger partial charge in [0, 0.05) is 84.0 Å². The molecule has 14 aliphatic rings. The minimum Gasteiger partial charge on any atom is -0.504 e. The summed E-state index contributed by atoms with van der Waals surface area (Å²) in [4.78, 5) is 5.64. The van der Waals surface area contributed by atoms with Crippen molar-refractivity contribution in [3.05, 3.63) is 46.5 Å². The molecule has 2 aromatic rings. The maximum atomic E-state index is 12.2. The largest absolute Gasteiger partial charge is 0.504 e. The number of likely N-dealkylation sites (tertiary alicyclic amines) is 2. The minimum atomic E-state index is -0.909. The summed E-state index contributed by atoms with van der Waals surface area (Å²) in [6.07, 6.45) is 15.3. The smallest absolute Gasteiger partial charge is 0.165 e. The quantitative estimate of drug-likeness (QED) is 0.204. The lowest BCUT2D eigenvalue weighted by molar-refractivity contribution is -0.312. The molecule has 8 bridgehead atoms. The molecule has 0 aromatic heterocycles. The molecule has 16 rings (SSSR count). The van der Waals surface area contributed by atoms with Crippen LogP contribution in [0, 0.1) is 45.3 Å². The average Bonchev–Trinajstić information content (AvgIpc) is 4.23. The predicted octanol–water partition coefficient (Wildman–Crippen LogP) is 8.83. The number of aromatic hydroxyl groups is 2. The zero-order valence-corrected chi connectivity index (χ0v) is 43.0. The van der Waals surface area contributed by atoms with Gasteiger partial charge in [-0.25, -0.2) is 0 Å². The Bertz CT molecular complexity index is 2280. The number of ether oxygens (including phenoxy) is 4. The molecule has 4 spiro atoms. The number of rotatable bonds is 8. The zero-order chi connectivity index (χ0) is 47.8. The third kappa shape index (κ3) is 5.13. The molecule has 10 aliphatic carbocycles. The van der Waals surface area contributed by atoms with Crippen LogP contribution in [0.5, 0.6) is 23.0 Å². The molecule has 0 radical (unpaired) electrons. The summed E-state index contributed by atoms with van der Waals surface area (Å²) in [5, 5.41) is 46.3. The average molecular weight is 935 g/mol. The summed E-state index contributed by atoms with van der Waals surface area (Å²) in [7, 11) is 3.66. The van der Waals surface area contributed by atoms with Gasteiger partial charge in [-0.2, -0.15) is 0 Å². The molecule has 4 aliphatic heterocycles. The van der Waals surface area contributed by atoms with Crippen LogP contribution in [0.4, 0.5) is 0 Å². The number of benzene rings is 2. The van der Waals surface area contributed by atoms with Crippen LogP contribution in [0.25, 0.3) is 0 Å². The number of methoxy groups -OCH3 is 2. The van der Waals surface area contributed by atoms with Crippen molar-refractivity contribution in [3.8, 4) is 23.0 Å². The number of phenolic OH excluding ortho intramolecular Hbond substituents is 2. The molecule has 2 aromatic carbocycles. The van der Waals surface area contributed by atoms with Crippen molar-refractivity contribution in [2.24, 2.45) is 45.3 Å². The van der Waals surface area contributed by atoms with Gasteiger partial charge in [0.25, 0.3) is 0 Å². The van der Waals surface area contributed by atoms with Crippen molar-refractivity contribution in [3.63, 3.8) is 0 Å². The van der Waals surface area contributed by atoms with Gasteiger partial charge in [-0.1, -0.05) is 53.7 Å². The van der Waals surface area contributed by atoms with Gasteiger partial charge in [-0.3, -0.25) is 9.80 Å². The summed E-state index contributed by atoms with van der Waals surface area (Å²) in [6.45, 7) is 21.6. The first-order valence-electron chi connectivity index (χ1n) is 27.1. The van der Waals surface area contributed by atoms with E-state index in [1.54, 1.807) is 0 Å². The first-order chi connectivity index (χ1) is 32.0. The van der Waals surface area contributed by atoms with E-state index in [9.17, 15) is 20.4 Å². The normalized spacial score (nSPS) is 43.9. The highest BCUT2D eigenvalue weighted by Crippen LogP contribution is 2.80. The number of piperidine rings is 2. The Labute approximate surface area is 405 Å². The van der Waals surface area contributed by atoms with Crippen LogP contribution in [-0.2, 0) is 33.1 Å². The highest BCUT2D eigenvalue weighted by Gasteiger charge is 2.84. The first-order valence-corrected chi connectivity index (χ1v) is 27.1. The van der Waals surface area contributed by atoms with Gasteiger partial charge in [0.2, 0.25) is 0 Å². The zero-order valence-electron chi connectivity index (χ0n) is 43.0. The third-order valence-electron chi connectivity index (χ3n) is 23.7. The molecule has 10 heteroatoms. The molecule has 2 saturated heterocycles. The van der Waals surface area contributed by atoms with Crippen molar-refractivity contribution < 1.29 is 39.4 Å². The maximum absolute atomic E-state index is 12.2. The molecule has 0 amide bonds. The lowest BCUT2D eigenvalue weighted by Crippen LogP contribution is -2.83. The van der Waals surface area contributed by atoms with Gasteiger partial charge in [-0.05, 0) is 163 Å². The lowest BCUT2D eigenvalue weighted by Gasteiger charge is -2.75. The fraction of sp³-hybridized carbons (Fsp3) is 0.793. The Balaban J connectivity index is 0.000000134. The van der Waals surface area contributed by atoms with Crippen molar-refractivity contribution >= 4 is 0 Å². The van der Waals surface area contributed by atoms with Crippen molar-refractivity contribution in [1.29, 1.82) is 0 Å². The van der Waals surface area contributed by atoms with Crippen molar-refractivity contribution in [1.82, 2.24) is 9.80 Å². The molecule has 68 heavy (non-hydrogen) atoms. The number of hydrogen-bond acceptors (Lipinski definition) is 10. The van der Waals surface area contributed by atoms with E-state index < -0.39 is 22.4 Å². The Morgan fingerprint density at radius 2 is 0.956 bits per heavy atom. The molecule has 14 atom stereocenters. The Hall–Kier alpha value is -2.60. The molecule has 10 fully saturated rings. The summed E-state index contributed by atoms with van der Waals surface area (Å²) in [6, 6.07) is 8.92. The highest BCUT2D eigenvalue weighted by molar-refractivity contribution is 5.65. The van der Waals surface area contributed by atoms with E-state index in [1.807, 2.05) is 40.2 Å². The number of hydrogen-bond donors (Lipinski definition) is 4. The Morgan fingerprint density at radius 1 is 0.574 bits per heavy atom. The van der Waals surface area contributed by atoms with E-state index in [1.165, 1.54) is 61.0 Å². The van der Waals surface area contributed by atoms with Crippen molar-refractivity contribution in [2.75, 3.05) is 40.4 Å². The van der Waals surface area contributed by atoms with Gasteiger partial charge in [0.05, 0.1) is 11.2 Å². The maximum Gasteiger partial charge on any atom is 0.165 e. The fourth-order valence-corrected chi connectivity index (χ4v) is 19.2. The van der Waals surface area contributed by atoms with Crippen LogP contribution in [-0.4, -0.2) is 117 Å². The fourth-order valence-electron chi connectivity index (χ4n) is 19.2. The summed E-state index contributed by atoms with van der Waals surface area (Å²) in [5.74, 6) is 3.60. The molecule has 372 valence electrons. The van der Waals surface area contributed by atoms with Crippen LogP contribution in [0.1, 0.15) is 155 Å². The first kappa shape index (κ1) is 45.3. The Morgan fingerprint density at radius 3 is 1.29 bits per heavy atom. The van der Waals surface area contributed by atoms with E-state index in [-0.39, 0.29) is 68.0 Å². The topological polar surface area (TPSA) is 124 Å². The molecule has 0 unspecified atom stereocenters. The summed E-state index contributed by atoms with van der Waals surface area (Å²) >= 11 is 0. The molecule has 10 nitrogen and oxygen atoms in total. The van der Waals surface area contributed by atoms with E-state index in [4.69, 9.17) is 18.9 Å². The molecule has 4 N–H and O–H groups in total. The van der Waals surface area contributed by atoms with Crippen LogP contribution in [0.2, 0.25) is 0 Å². The van der Waals surface area contributed by atoms with Crippen LogP contribution in [0.15, 0.2) is 24.3 Å². The number of nitrogens with zero attached hydrogens (tertiary/aromatic N) is 2. The van der Waals surface area contributed by atoms with Gasteiger partial charge >= 0.3 is 0 Å². The third-order valence-corrected chi connectivity index (χ3v) is 23.7. The number of aliphatic hydroxyl groups is 2.